The minimum Gasteiger partial charge on any atom is -0.497 e. The van der Waals surface area contributed by atoms with Gasteiger partial charge in [-0.15, -0.1) is 5.10 Å². The molecule has 3 aromatic rings. The number of hydrogen-bond acceptors (Lipinski definition) is 7. The highest BCUT2D eigenvalue weighted by atomic mass is 16.5. The molecular weight excluding hydrogens is 298 g/mol. The lowest BCUT2D eigenvalue weighted by atomic mass is 10.1. The summed E-state index contributed by atoms with van der Waals surface area (Å²) in [6.45, 7) is 2.74. The number of benzene rings is 1. The Labute approximate surface area is 132 Å². The lowest BCUT2D eigenvalue weighted by Gasteiger charge is -2.24. The molecule has 0 bridgehead atoms. The summed E-state index contributed by atoms with van der Waals surface area (Å²) in [5.41, 5.74) is 2.50. The average Bonchev–Trinajstić information content (AvgIpc) is 3.20. The third kappa shape index (κ3) is 2.46. The molecule has 1 aromatic carbocycles. The fourth-order valence-corrected chi connectivity index (χ4v) is 2.59. The molecule has 0 fully saturated rings. The molecule has 0 spiro atoms. The molecule has 0 saturated carbocycles. The molecule has 23 heavy (non-hydrogen) atoms. The fraction of sp³-hybridized carbons (Fsp3) is 0.333. The predicted octanol–water partition coefficient (Wildman–Crippen LogP) is 1.92. The second kappa shape index (κ2) is 5.47. The van der Waals surface area contributed by atoms with Crippen LogP contribution in [0.3, 0.4) is 0 Å². The Bertz CT molecular complexity index is 824. The van der Waals surface area contributed by atoms with Crippen LogP contribution >= 0.6 is 0 Å². The van der Waals surface area contributed by atoms with Gasteiger partial charge in [0.2, 0.25) is 0 Å². The first kappa shape index (κ1) is 13.9. The molecule has 0 N–H and O–H groups in total. The summed E-state index contributed by atoms with van der Waals surface area (Å²) in [5.74, 6) is 1.75. The number of methoxy groups -OCH3 is 1. The Kier molecular flexibility index (Phi) is 3.30. The summed E-state index contributed by atoms with van der Waals surface area (Å²) in [7, 11) is 1.65. The first-order valence-corrected chi connectivity index (χ1v) is 7.23. The van der Waals surface area contributed by atoms with E-state index in [1.807, 2.05) is 28.9 Å². The summed E-state index contributed by atoms with van der Waals surface area (Å²) < 4.78 is 18.1. The second-order valence-electron chi connectivity index (χ2n) is 5.29. The predicted molar refractivity (Wildman–Crippen MR) is 78.6 cm³/mol. The van der Waals surface area contributed by atoms with Crippen LogP contribution in [0.1, 0.15) is 23.2 Å². The van der Waals surface area contributed by atoms with Crippen LogP contribution in [-0.4, -0.2) is 32.2 Å². The lowest BCUT2D eigenvalue weighted by Crippen LogP contribution is -2.22. The van der Waals surface area contributed by atoms with E-state index in [9.17, 15) is 0 Å². The molecule has 4 rings (SSSR count). The van der Waals surface area contributed by atoms with Crippen molar-refractivity contribution in [3.8, 4) is 17.3 Å². The third-order valence-electron chi connectivity index (χ3n) is 3.82. The number of rotatable bonds is 3. The molecule has 118 valence electrons. The molecule has 8 heteroatoms. The molecule has 2 aromatic heterocycles. The van der Waals surface area contributed by atoms with Crippen LogP contribution in [0, 0.1) is 6.92 Å². The van der Waals surface area contributed by atoms with Crippen molar-refractivity contribution in [1.82, 2.24) is 25.1 Å². The maximum atomic E-state index is 5.96. The first-order valence-electron chi connectivity index (χ1n) is 7.23. The van der Waals surface area contributed by atoms with Crippen LogP contribution in [0.4, 0.5) is 0 Å². The lowest BCUT2D eigenvalue weighted by molar-refractivity contribution is -0.00119. The van der Waals surface area contributed by atoms with Gasteiger partial charge in [0.05, 0.1) is 26.0 Å². The van der Waals surface area contributed by atoms with Gasteiger partial charge in [-0.1, -0.05) is 22.5 Å². The zero-order chi connectivity index (χ0) is 15.8. The van der Waals surface area contributed by atoms with E-state index in [4.69, 9.17) is 14.0 Å². The number of ether oxygens (including phenoxy) is 2. The number of aryl methyl sites for hydroxylation is 1. The Hall–Kier alpha value is -2.74. The van der Waals surface area contributed by atoms with Gasteiger partial charge in [-0.05, 0) is 24.6 Å². The molecule has 0 saturated heterocycles. The van der Waals surface area contributed by atoms with Crippen molar-refractivity contribution in [2.75, 3.05) is 7.11 Å². The molecule has 1 atom stereocenters. The molecule has 0 unspecified atom stereocenters. The van der Waals surface area contributed by atoms with Crippen molar-refractivity contribution < 1.29 is 14.0 Å². The van der Waals surface area contributed by atoms with Crippen LogP contribution in [0.5, 0.6) is 5.75 Å². The van der Waals surface area contributed by atoms with Crippen molar-refractivity contribution in [1.29, 1.82) is 0 Å². The minimum absolute atomic E-state index is 0.0765. The van der Waals surface area contributed by atoms with E-state index >= 15 is 0 Å². The summed E-state index contributed by atoms with van der Waals surface area (Å²) in [5, 5.41) is 12.1. The van der Waals surface area contributed by atoms with Crippen molar-refractivity contribution >= 4 is 0 Å². The standard InChI is InChI=1S/C15H15N5O3/c1-9-16-15(23-18-9)14-12-8-22-13(7-20(12)19-17-14)10-3-5-11(21-2)6-4-10/h3-6,13H,7-8H2,1-2H3/t13-/m1/s1. The average molecular weight is 313 g/mol. The molecule has 8 nitrogen and oxygen atoms in total. The quantitative estimate of drug-likeness (QED) is 0.729. The monoisotopic (exact) mass is 313 g/mol. The molecule has 0 amide bonds. The zero-order valence-electron chi connectivity index (χ0n) is 12.8. The van der Waals surface area contributed by atoms with Gasteiger partial charge in [-0.25, -0.2) is 4.68 Å². The number of fused-ring (bicyclic) bond motifs is 1. The van der Waals surface area contributed by atoms with Gasteiger partial charge in [0.1, 0.15) is 11.9 Å². The number of aromatic nitrogens is 5. The molecule has 1 aliphatic rings. The third-order valence-corrected chi connectivity index (χ3v) is 3.82. The summed E-state index contributed by atoms with van der Waals surface area (Å²) >= 11 is 0. The van der Waals surface area contributed by atoms with Crippen LogP contribution in [0.2, 0.25) is 0 Å². The summed E-state index contributed by atoms with van der Waals surface area (Å²) in [4.78, 5) is 4.19. The normalized spacial score (nSPS) is 17.0. The van der Waals surface area contributed by atoms with E-state index in [0.29, 0.717) is 30.6 Å². The number of nitrogens with zero attached hydrogens (tertiary/aromatic N) is 5. The fourth-order valence-electron chi connectivity index (χ4n) is 2.59. The van der Waals surface area contributed by atoms with E-state index in [0.717, 1.165) is 17.0 Å². The molecule has 3 heterocycles. The zero-order valence-corrected chi connectivity index (χ0v) is 12.8. The van der Waals surface area contributed by atoms with E-state index in [1.54, 1.807) is 14.0 Å². The van der Waals surface area contributed by atoms with Gasteiger partial charge in [0.25, 0.3) is 5.89 Å². The second-order valence-corrected chi connectivity index (χ2v) is 5.29. The summed E-state index contributed by atoms with van der Waals surface area (Å²) in [6, 6.07) is 7.83. The van der Waals surface area contributed by atoms with Crippen molar-refractivity contribution in [3.05, 3.63) is 41.3 Å². The van der Waals surface area contributed by atoms with Crippen molar-refractivity contribution in [2.24, 2.45) is 0 Å². The topological polar surface area (TPSA) is 88.1 Å². The van der Waals surface area contributed by atoms with E-state index in [1.165, 1.54) is 0 Å². The van der Waals surface area contributed by atoms with Crippen molar-refractivity contribution in [2.45, 2.75) is 26.2 Å². The van der Waals surface area contributed by atoms with Crippen LogP contribution in [-0.2, 0) is 17.9 Å². The van der Waals surface area contributed by atoms with Gasteiger partial charge in [-0.2, -0.15) is 4.98 Å². The maximum absolute atomic E-state index is 5.96. The van der Waals surface area contributed by atoms with Gasteiger partial charge >= 0.3 is 0 Å². The van der Waals surface area contributed by atoms with Gasteiger partial charge < -0.3 is 14.0 Å². The van der Waals surface area contributed by atoms with E-state index in [-0.39, 0.29) is 6.10 Å². The summed E-state index contributed by atoms with van der Waals surface area (Å²) in [6.07, 6.45) is -0.0765. The molecule has 0 aliphatic carbocycles. The maximum Gasteiger partial charge on any atom is 0.280 e. The Morgan fingerprint density at radius 3 is 2.78 bits per heavy atom. The highest BCUT2D eigenvalue weighted by molar-refractivity contribution is 5.49. The molecule has 1 aliphatic heterocycles. The van der Waals surface area contributed by atoms with Gasteiger partial charge in [-0.3, -0.25) is 0 Å². The first-order chi connectivity index (χ1) is 11.2. The van der Waals surface area contributed by atoms with Crippen molar-refractivity contribution in [3.63, 3.8) is 0 Å². The smallest absolute Gasteiger partial charge is 0.280 e. The minimum atomic E-state index is -0.0765. The highest BCUT2D eigenvalue weighted by Gasteiger charge is 2.27. The molecule has 0 radical (unpaired) electrons. The Morgan fingerprint density at radius 1 is 1.26 bits per heavy atom. The molecular formula is C15H15N5O3. The van der Waals surface area contributed by atoms with Crippen LogP contribution in [0.25, 0.3) is 11.6 Å². The number of hydrogen-bond donors (Lipinski definition) is 0. The van der Waals surface area contributed by atoms with E-state index in [2.05, 4.69) is 20.5 Å². The SMILES string of the molecule is COc1ccc([C@H]2Cn3nnc(-c4nc(C)no4)c3CO2)cc1. The van der Waals surface area contributed by atoms with Gasteiger partial charge in [0.15, 0.2) is 11.5 Å². The van der Waals surface area contributed by atoms with Crippen LogP contribution < -0.4 is 4.74 Å². The largest absolute Gasteiger partial charge is 0.497 e. The Balaban J connectivity index is 1.59. The van der Waals surface area contributed by atoms with Gasteiger partial charge in [0, 0.05) is 0 Å². The Morgan fingerprint density at radius 2 is 2.09 bits per heavy atom. The highest BCUT2D eigenvalue weighted by Crippen LogP contribution is 2.30. The van der Waals surface area contributed by atoms with Crippen LogP contribution in [0.15, 0.2) is 28.8 Å². The van der Waals surface area contributed by atoms with E-state index < -0.39 is 0 Å².